The van der Waals surface area contributed by atoms with Crippen LogP contribution in [0.4, 0.5) is 4.79 Å². The van der Waals surface area contributed by atoms with Crippen LogP contribution in [0.1, 0.15) is 5.56 Å². The van der Waals surface area contributed by atoms with Crippen LogP contribution in [0.15, 0.2) is 29.8 Å². The van der Waals surface area contributed by atoms with E-state index >= 15 is 0 Å². The van der Waals surface area contributed by atoms with Crippen LogP contribution in [0.5, 0.6) is 5.75 Å². The summed E-state index contributed by atoms with van der Waals surface area (Å²) in [6, 6.07) is 7.51. The first-order valence-corrected chi connectivity index (χ1v) is 5.58. The molecule has 0 aromatic heterocycles. The monoisotopic (exact) mass is 271 g/mol. The summed E-state index contributed by atoms with van der Waals surface area (Å²) in [5.74, 6) is -1.09. The molecule has 1 heterocycles. The topological polar surface area (TPSA) is 108 Å². The second kappa shape index (κ2) is 5.67. The van der Waals surface area contributed by atoms with Gasteiger partial charge >= 0.3 is 6.03 Å². The Labute approximate surface area is 113 Å². The Kier molecular flexibility index (Phi) is 3.77. The first-order chi connectivity index (χ1) is 9.60. The summed E-state index contributed by atoms with van der Waals surface area (Å²) in [6.45, 7) is -0.102. The third-order valence-corrected chi connectivity index (χ3v) is 2.42. The van der Waals surface area contributed by atoms with Gasteiger partial charge in [-0.05, 0) is 23.8 Å². The lowest BCUT2D eigenvalue weighted by Crippen LogP contribution is -2.51. The number of benzene rings is 1. The van der Waals surface area contributed by atoms with Crippen LogP contribution in [-0.2, 0) is 9.59 Å². The van der Waals surface area contributed by atoms with Crippen LogP contribution >= 0.6 is 0 Å². The predicted molar refractivity (Wildman–Crippen MR) is 67.2 cm³/mol. The molecule has 1 aliphatic heterocycles. The molecule has 0 radical (unpaired) electrons. The van der Waals surface area contributed by atoms with E-state index in [9.17, 15) is 14.4 Å². The molecule has 0 atom stereocenters. The van der Waals surface area contributed by atoms with E-state index in [1.54, 1.807) is 24.3 Å². The van der Waals surface area contributed by atoms with Crippen LogP contribution in [0, 0.1) is 11.3 Å². The van der Waals surface area contributed by atoms with Crippen molar-refractivity contribution >= 4 is 23.9 Å². The predicted octanol–water partition coefficient (Wildman–Crippen LogP) is 0.338. The molecule has 7 heteroatoms. The van der Waals surface area contributed by atoms with Crippen LogP contribution in [0.2, 0.25) is 0 Å². The largest absolute Gasteiger partial charge is 0.479 e. The summed E-state index contributed by atoms with van der Waals surface area (Å²) < 4.78 is 5.11. The number of barbiturate groups is 1. The summed E-state index contributed by atoms with van der Waals surface area (Å²) in [4.78, 5) is 34.0. The SMILES string of the molecule is N#CCOc1cccc(C=C2C(=O)NC(=O)NC2=O)c1. The van der Waals surface area contributed by atoms with Crippen LogP contribution < -0.4 is 15.4 Å². The molecule has 0 unspecified atom stereocenters. The fourth-order valence-corrected chi connectivity index (χ4v) is 1.58. The van der Waals surface area contributed by atoms with Crippen molar-refractivity contribution in [3.05, 3.63) is 35.4 Å². The zero-order valence-corrected chi connectivity index (χ0v) is 10.2. The first kappa shape index (κ1) is 13.3. The smallest absolute Gasteiger partial charge is 0.328 e. The molecule has 1 aromatic rings. The van der Waals surface area contributed by atoms with Gasteiger partial charge in [0.15, 0.2) is 6.61 Å². The zero-order valence-electron chi connectivity index (χ0n) is 10.2. The van der Waals surface area contributed by atoms with Gasteiger partial charge in [0, 0.05) is 0 Å². The number of ether oxygens (including phenoxy) is 1. The zero-order chi connectivity index (χ0) is 14.5. The summed E-state index contributed by atoms with van der Waals surface area (Å²) in [5, 5.41) is 12.4. The minimum absolute atomic E-state index is 0.102. The van der Waals surface area contributed by atoms with Gasteiger partial charge in [0.1, 0.15) is 17.4 Å². The maximum Gasteiger partial charge on any atom is 0.328 e. The lowest BCUT2D eigenvalue weighted by molar-refractivity contribution is -0.123. The third kappa shape index (κ3) is 3.00. The summed E-state index contributed by atoms with van der Waals surface area (Å²) in [6.07, 6.45) is 1.33. The fourth-order valence-electron chi connectivity index (χ4n) is 1.58. The molecular weight excluding hydrogens is 262 g/mol. The lowest BCUT2D eigenvalue weighted by atomic mass is 10.1. The van der Waals surface area contributed by atoms with E-state index < -0.39 is 17.8 Å². The molecule has 0 bridgehead atoms. The minimum atomic E-state index is -0.844. The Balaban J connectivity index is 2.26. The number of carbonyl (C=O) groups is 3. The quantitative estimate of drug-likeness (QED) is 0.608. The van der Waals surface area contributed by atoms with Gasteiger partial charge in [-0.3, -0.25) is 20.2 Å². The van der Waals surface area contributed by atoms with E-state index in [4.69, 9.17) is 10.00 Å². The molecule has 2 rings (SSSR count). The molecule has 0 spiro atoms. The summed E-state index contributed by atoms with van der Waals surface area (Å²) in [7, 11) is 0. The Morgan fingerprint density at radius 1 is 1.20 bits per heavy atom. The Morgan fingerprint density at radius 2 is 1.90 bits per heavy atom. The average Bonchev–Trinajstić information content (AvgIpc) is 2.41. The van der Waals surface area contributed by atoms with Gasteiger partial charge < -0.3 is 4.74 Å². The molecule has 4 amide bonds. The number of carbonyl (C=O) groups excluding carboxylic acids is 3. The lowest BCUT2D eigenvalue weighted by Gasteiger charge is -2.13. The highest BCUT2D eigenvalue weighted by Gasteiger charge is 2.27. The highest BCUT2D eigenvalue weighted by molar-refractivity contribution is 6.31. The van der Waals surface area contributed by atoms with Gasteiger partial charge in [-0.15, -0.1) is 0 Å². The van der Waals surface area contributed by atoms with Gasteiger partial charge in [0.05, 0.1) is 0 Å². The molecule has 0 saturated carbocycles. The number of imide groups is 2. The molecule has 20 heavy (non-hydrogen) atoms. The van der Waals surface area contributed by atoms with E-state index in [-0.39, 0.29) is 12.2 Å². The van der Waals surface area contributed by atoms with Crippen molar-refractivity contribution in [1.29, 1.82) is 5.26 Å². The van der Waals surface area contributed by atoms with Gasteiger partial charge in [0.25, 0.3) is 11.8 Å². The Morgan fingerprint density at radius 3 is 2.55 bits per heavy atom. The van der Waals surface area contributed by atoms with Crippen molar-refractivity contribution in [2.45, 2.75) is 0 Å². The Hall–Kier alpha value is -3.14. The molecule has 1 aromatic carbocycles. The van der Waals surface area contributed by atoms with Crippen molar-refractivity contribution in [3.63, 3.8) is 0 Å². The molecule has 1 saturated heterocycles. The molecular formula is C13H9N3O4. The Bertz CT molecular complexity index is 636. The first-order valence-electron chi connectivity index (χ1n) is 5.58. The van der Waals surface area contributed by atoms with Crippen molar-refractivity contribution in [2.24, 2.45) is 0 Å². The van der Waals surface area contributed by atoms with Gasteiger partial charge in [0.2, 0.25) is 0 Å². The highest BCUT2D eigenvalue weighted by atomic mass is 16.5. The maximum atomic E-state index is 11.5. The van der Waals surface area contributed by atoms with E-state index in [1.165, 1.54) is 6.08 Å². The van der Waals surface area contributed by atoms with Crippen LogP contribution in [-0.4, -0.2) is 24.5 Å². The van der Waals surface area contributed by atoms with Crippen molar-refractivity contribution in [1.82, 2.24) is 10.6 Å². The van der Waals surface area contributed by atoms with E-state index in [2.05, 4.69) is 0 Å². The molecule has 1 fully saturated rings. The van der Waals surface area contributed by atoms with Crippen molar-refractivity contribution in [3.8, 4) is 11.8 Å². The van der Waals surface area contributed by atoms with Crippen molar-refractivity contribution in [2.75, 3.05) is 6.61 Å². The number of nitriles is 1. The average molecular weight is 271 g/mol. The summed E-state index contributed by atoms with van der Waals surface area (Å²) in [5.41, 5.74) is 0.358. The van der Waals surface area contributed by atoms with Crippen molar-refractivity contribution < 1.29 is 19.1 Å². The second-order valence-electron chi connectivity index (χ2n) is 3.81. The number of amides is 4. The third-order valence-electron chi connectivity index (χ3n) is 2.42. The number of hydrogen-bond acceptors (Lipinski definition) is 5. The van der Waals surface area contributed by atoms with E-state index in [0.717, 1.165) is 0 Å². The number of rotatable bonds is 3. The van der Waals surface area contributed by atoms with E-state index in [1.807, 2.05) is 16.7 Å². The van der Waals surface area contributed by atoms with Gasteiger partial charge in [-0.2, -0.15) is 5.26 Å². The molecule has 0 aliphatic carbocycles. The number of nitrogens with one attached hydrogen (secondary N) is 2. The van der Waals surface area contributed by atoms with E-state index in [0.29, 0.717) is 11.3 Å². The highest BCUT2D eigenvalue weighted by Crippen LogP contribution is 2.16. The molecule has 100 valence electrons. The molecule has 2 N–H and O–H groups in total. The minimum Gasteiger partial charge on any atom is -0.479 e. The molecule has 1 aliphatic rings. The fraction of sp³-hybridized carbons (Fsp3) is 0.0769. The number of hydrogen-bond donors (Lipinski definition) is 2. The molecule has 7 nitrogen and oxygen atoms in total. The van der Waals surface area contributed by atoms with Crippen LogP contribution in [0.3, 0.4) is 0 Å². The van der Waals surface area contributed by atoms with Gasteiger partial charge in [-0.25, -0.2) is 4.79 Å². The normalized spacial score (nSPS) is 14.2. The standard InChI is InChI=1S/C13H9N3O4/c14-4-5-20-9-3-1-2-8(6-9)7-10-11(17)15-13(19)16-12(10)18/h1-3,6-7H,5H2,(H2,15,16,17,18,19). The number of nitrogens with zero attached hydrogens (tertiary/aromatic N) is 1. The second-order valence-corrected chi connectivity index (χ2v) is 3.81. The summed E-state index contributed by atoms with van der Waals surface area (Å²) >= 11 is 0. The maximum absolute atomic E-state index is 11.5. The van der Waals surface area contributed by atoms with Crippen LogP contribution in [0.25, 0.3) is 6.08 Å². The number of urea groups is 1. The van der Waals surface area contributed by atoms with Gasteiger partial charge in [-0.1, -0.05) is 12.1 Å².